The van der Waals surface area contributed by atoms with Crippen molar-refractivity contribution in [3.63, 3.8) is 0 Å². The van der Waals surface area contributed by atoms with Crippen molar-refractivity contribution in [1.82, 2.24) is 19.5 Å². The van der Waals surface area contributed by atoms with Gasteiger partial charge in [-0.3, -0.25) is 4.57 Å². The molecule has 0 spiro atoms. The van der Waals surface area contributed by atoms with Crippen molar-refractivity contribution in [2.75, 3.05) is 24.7 Å². The molecule has 10 nitrogen and oxygen atoms in total. The summed E-state index contributed by atoms with van der Waals surface area (Å²) in [7, 11) is 1.67. The Bertz CT molecular complexity index is 702. The van der Waals surface area contributed by atoms with Crippen LogP contribution in [-0.4, -0.2) is 66.3 Å². The van der Waals surface area contributed by atoms with E-state index in [0.29, 0.717) is 17.0 Å². The summed E-state index contributed by atoms with van der Waals surface area (Å²) in [4.78, 5) is 12.4. The number of fused-ring (bicyclic) bond motifs is 1. The number of aromatic nitrogens is 4. The first-order valence-corrected chi connectivity index (χ1v) is 6.74. The van der Waals surface area contributed by atoms with Crippen molar-refractivity contribution >= 4 is 22.9 Å². The molecule has 4 atom stereocenters. The third-order valence-corrected chi connectivity index (χ3v) is 3.86. The minimum atomic E-state index is -1.62. The third kappa shape index (κ3) is 2.00. The van der Waals surface area contributed by atoms with E-state index < -0.39 is 30.6 Å². The van der Waals surface area contributed by atoms with E-state index in [1.54, 1.807) is 7.05 Å². The lowest BCUT2D eigenvalue weighted by atomic mass is 9.96. The highest BCUT2D eigenvalue weighted by Crippen LogP contribution is 2.39. The van der Waals surface area contributed by atoms with Gasteiger partial charge in [0, 0.05) is 7.05 Å². The fourth-order valence-corrected chi connectivity index (χ4v) is 2.67. The number of nitrogens with two attached hydrogens (primary N) is 1. The van der Waals surface area contributed by atoms with Gasteiger partial charge in [0.25, 0.3) is 0 Å². The number of nitrogens with one attached hydrogen (secondary N) is 1. The normalized spacial score (nSPS) is 31.8. The summed E-state index contributed by atoms with van der Waals surface area (Å²) in [6, 6.07) is 0. The Hall–Kier alpha value is -2.01. The maximum Gasteiger partial charge on any atom is 0.224 e. The molecule has 0 saturated carbocycles. The molecular weight excluding hydrogens is 292 g/mol. The second kappa shape index (κ2) is 5.02. The number of hydrogen-bond acceptors (Lipinski definition) is 9. The Morgan fingerprint density at radius 2 is 2.23 bits per heavy atom. The lowest BCUT2D eigenvalue weighted by molar-refractivity contribution is -0.0950. The number of anilines is 2. The molecule has 3 rings (SSSR count). The fraction of sp³-hybridized carbons (Fsp3) is 0.583. The van der Waals surface area contributed by atoms with Crippen LogP contribution in [0.4, 0.5) is 11.8 Å². The average molecular weight is 310 g/mol. The summed E-state index contributed by atoms with van der Waals surface area (Å²) in [5.74, 6) is 0.480. The Morgan fingerprint density at radius 1 is 1.50 bits per heavy atom. The van der Waals surface area contributed by atoms with Gasteiger partial charge in [-0.2, -0.15) is 9.97 Å². The predicted molar refractivity (Wildman–Crippen MR) is 76.9 cm³/mol. The van der Waals surface area contributed by atoms with E-state index in [1.807, 2.05) is 0 Å². The molecule has 0 amide bonds. The SMILES string of the molecule is CNc1nc(N)nc2c1ncn2[C@@H]1O[C@H](CO)[C@@H](O)[C@@]1(C)O. The van der Waals surface area contributed by atoms with E-state index in [-0.39, 0.29) is 5.95 Å². The van der Waals surface area contributed by atoms with Gasteiger partial charge in [0.2, 0.25) is 5.95 Å². The van der Waals surface area contributed by atoms with Crippen LogP contribution in [0.15, 0.2) is 6.33 Å². The van der Waals surface area contributed by atoms with Crippen LogP contribution in [-0.2, 0) is 4.74 Å². The monoisotopic (exact) mass is 310 g/mol. The fourth-order valence-electron chi connectivity index (χ4n) is 2.67. The Labute approximate surface area is 125 Å². The highest BCUT2D eigenvalue weighted by atomic mass is 16.6. The van der Waals surface area contributed by atoms with Crippen LogP contribution in [0.5, 0.6) is 0 Å². The molecule has 1 fully saturated rings. The first-order chi connectivity index (χ1) is 10.4. The first-order valence-electron chi connectivity index (χ1n) is 6.74. The van der Waals surface area contributed by atoms with Gasteiger partial charge in [0.1, 0.15) is 17.8 Å². The summed E-state index contributed by atoms with van der Waals surface area (Å²) in [6.07, 6.45) is -1.70. The minimum absolute atomic E-state index is 0.0375. The summed E-state index contributed by atoms with van der Waals surface area (Å²) in [5.41, 5.74) is 4.87. The number of rotatable bonds is 3. The topological polar surface area (TPSA) is 152 Å². The standard InChI is InChI=1S/C12H18N6O4/c1-12(21)7(20)5(3-19)22-10(12)18-4-15-6-8(14-2)16-11(13)17-9(6)18/h4-5,7,10,19-21H,3H2,1-2H3,(H3,13,14,16,17)/t5-,7-,10-,12-/m1/s1. The maximum atomic E-state index is 10.5. The maximum absolute atomic E-state index is 10.5. The lowest BCUT2D eigenvalue weighted by Crippen LogP contribution is -2.44. The first kappa shape index (κ1) is 14.9. The number of aliphatic hydroxyl groups excluding tert-OH is 2. The number of ether oxygens (including phenoxy) is 1. The zero-order chi connectivity index (χ0) is 16.1. The second-order valence-electron chi connectivity index (χ2n) is 5.38. The number of nitrogen functional groups attached to an aromatic ring is 1. The van der Waals surface area contributed by atoms with Crippen LogP contribution in [0.2, 0.25) is 0 Å². The predicted octanol–water partition coefficient (Wildman–Crippen LogP) is -1.55. The molecule has 0 aromatic carbocycles. The quantitative estimate of drug-likeness (QED) is 0.453. The molecule has 0 aliphatic carbocycles. The number of aliphatic hydroxyl groups is 3. The molecule has 10 heteroatoms. The molecular formula is C12H18N6O4. The van der Waals surface area contributed by atoms with Crippen molar-refractivity contribution in [2.45, 2.75) is 31.0 Å². The van der Waals surface area contributed by atoms with Crippen molar-refractivity contribution in [3.8, 4) is 0 Å². The van der Waals surface area contributed by atoms with E-state index in [2.05, 4.69) is 20.3 Å². The number of imidazole rings is 1. The Balaban J connectivity index is 2.13. The van der Waals surface area contributed by atoms with E-state index >= 15 is 0 Å². The highest BCUT2D eigenvalue weighted by molar-refractivity contribution is 5.84. The zero-order valence-corrected chi connectivity index (χ0v) is 12.1. The molecule has 2 aromatic heterocycles. The molecule has 3 heterocycles. The van der Waals surface area contributed by atoms with E-state index in [4.69, 9.17) is 10.5 Å². The average Bonchev–Trinajstić information content (AvgIpc) is 2.98. The molecule has 1 aliphatic heterocycles. The van der Waals surface area contributed by atoms with Gasteiger partial charge in [-0.1, -0.05) is 0 Å². The van der Waals surface area contributed by atoms with E-state index in [9.17, 15) is 15.3 Å². The van der Waals surface area contributed by atoms with Gasteiger partial charge in [-0.05, 0) is 6.92 Å². The van der Waals surface area contributed by atoms with Gasteiger partial charge >= 0.3 is 0 Å². The van der Waals surface area contributed by atoms with Gasteiger partial charge in [-0.15, -0.1) is 0 Å². The summed E-state index contributed by atoms with van der Waals surface area (Å²) >= 11 is 0. The van der Waals surface area contributed by atoms with Crippen molar-refractivity contribution in [3.05, 3.63) is 6.33 Å². The molecule has 1 aliphatic rings. The molecule has 0 bridgehead atoms. The molecule has 120 valence electrons. The molecule has 0 radical (unpaired) electrons. The van der Waals surface area contributed by atoms with Gasteiger partial charge in [0.05, 0.1) is 12.9 Å². The molecule has 6 N–H and O–H groups in total. The van der Waals surface area contributed by atoms with Crippen molar-refractivity contribution in [1.29, 1.82) is 0 Å². The number of hydrogen-bond donors (Lipinski definition) is 5. The molecule has 2 aromatic rings. The molecule has 22 heavy (non-hydrogen) atoms. The van der Waals surface area contributed by atoms with Gasteiger partial charge in [-0.25, -0.2) is 4.98 Å². The van der Waals surface area contributed by atoms with E-state index in [1.165, 1.54) is 17.8 Å². The molecule has 1 saturated heterocycles. The van der Waals surface area contributed by atoms with Crippen LogP contribution < -0.4 is 11.1 Å². The Morgan fingerprint density at radius 3 is 2.82 bits per heavy atom. The zero-order valence-electron chi connectivity index (χ0n) is 12.1. The minimum Gasteiger partial charge on any atom is -0.394 e. The third-order valence-electron chi connectivity index (χ3n) is 3.86. The summed E-state index contributed by atoms with van der Waals surface area (Å²) in [5, 5.41) is 32.7. The lowest BCUT2D eigenvalue weighted by Gasteiger charge is -2.27. The van der Waals surface area contributed by atoms with Crippen molar-refractivity contribution < 1.29 is 20.1 Å². The van der Waals surface area contributed by atoms with E-state index in [0.717, 1.165) is 0 Å². The van der Waals surface area contributed by atoms with Crippen LogP contribution in [0.25, 0.3) is 11.2 Å². The summed E-state index contributed by atoms with van der Waals surface area (Å²) in [6.45, 7) is 1.01. The van der Waals surface area contributed by atoms with Gasteiger partial charge in [0.15, 0.2) is 23.2 Å². The van der Waals surface area contributed by atoms with Crippen LogP contribution in [0.1, 0.15) is 13.2 Å². The summed E-state index contributed by atoms with van der Waals surface area (Å²) < 4.78 is 7.02. The molecule has 0 unspecified atom stereocenters. The van der Waals surface area contributed by atoms with Crippen molar-refractivity contribution in [2.24, 2.45) is 0 Å². The van der Waals surface area contributed by atoms with Crippen LogP contribution in [0.3, 0.4) is 0 Å². The van der Waals surface area contributed by atoms with Crippen LogP contribution >= 0.6 is 0 Å². The smallest absolute Gasteiger partial charge is 0.224 e. The highest BCUT2D eigenvalue weighted by Gasteiger charge is 2.53. The second-order valence-corrected chi connectivity index (χ2v) is 5.38. The van der Waals surface area contributed by atoms with Crippen LogP contribution in [0, 0.1) is 0 Å². The van der Waals surface area contributed by atoms with Gasteiger partial charge < -0.3 is 31.1 Å². The number of nitrogens with zero attached hydrogens (tertiary/aromatic N) is 4. The largest absolute Gasteiger partial charge is 0.394 e. The Kier molecular flexibility index (Phi) is 3.40.